The van der Waals surface area contributed by atoms with Crippen LogP contribution in [-0.2, 0) is 114 Å². The number of anilines is 1. The molecule has 0 radical (unpaired) electrons. The first-order valence-corrected chi connectivity index (χ1v) is 37.3. The fraction of sp³-hybridized carbons (Fsp3) is 0.500. The number of aryl methyl sites for hydroxylation is 3. The minimum absolute atomic E-state index is 0.0527. The number of benzene rings is 4. The number of ether oxygens (including phenoxy) is 4. The van der Waals surface area contributed by atoms with Gasteiger partial charge in [-0.3, -0.25) is 61.7 Å². The molecule has 105 heavy (non-hydrogen) atoms. The molecule has 0 saturated carbocycles. The number of carbonyl (C=O) groups excluding carboxylic acids is 9. The molecule has 3 aliphatic heterocycles. The van der Waals surface area contributed by atoms with Crippen molar-refractivity contribution < 1.29 is 89.6 Å². The highest BCUT2D eigenvalue weighted by atomic mass is 32.1. The molecule has 29 heteroatoms. The Hall–Kier alpha value is -8.63. The Bertz CT molecular complexity index is 4000. The summed E-state index contributed by atoms with van der Waals surface area (Å²) in [5.74, 6) is -5.47. The lowest BCUT2D eigenvalue weighted by molar-refractivity contribution is -0.163. The van der Waals surface area contributed by atoms with Gasteiger partial charge in [-0.2, -0.15) is 8.78 Å². The van der Waals surface area contributed by atoms with Crippen molar-refractivity contribution in [2.75, 3.05) is 38.2 Å². The molecule has 1 saturated heterocycles. The molecule has 7 amide bonds. The van der Waals surface area contributed by atoms with Gasteiger partial charge in [0.2, 0.25) is 54.9 Å². The Morgan fingerprint density at radius 1 is 0.810 bits per heavy atom. The number of aliphatic hydroxyl groups excluding tert-OH is 1. The third-order valence-electron chi connectivity index (χ3n) is 18.3. The summed E-state index contributed by atoms with van der Waals surface area (Å²) in [5.41, 5.74) is 6.54. The van der Waals surface area contributed by atoms with Crippen LogP contribution in [0.5, 0.6) is 0 Å². The summed E-state index contributed by atoms with van der Waals surface area (Å²) in [4.78, 5) is 129. The fourth-order valence-electron chi connectivity index (χ4n) is 12.2. The molecule has 0 spiro atoms. The number of aliphatic hydroxyl groups is 1. The number of nitrogens with zero attached hydrogens (tertiary/aromatic N) is 3. The summed E-state index contributed by atoms with van der Waals surface area (Å²) in [6, 6.07) is 20.4. The zero-order chi connectivity index (χ0) is 76.9. The van der Waals surface area contributed by atoms with Crippen molar-refractivity contribution in [2.24, 2.45) is 22.0 Å². The van der Waals surface area contributed by atoms with Crippen LogP contribution in [0.25, 0.3) is 16.0 Å². The highest BCUT2D eigenvalue weighted by Crippen LogP contribution is 2.67. The molecule has 0 bridgehead atoms. The van der Waals surface area contributed by atoms with Crippen molar-refractivity contribution in [1.82, 2.24) is 31.2 Å². The summed E-state index contributed by atoms with van der Waals surface area (Å²) in [6.45, 7) is 17.6. The molecule has 0 aliphatic carbocycles. The second kappa shape index (κ2) is 35.2. The molecule has 1 fully saturated rings. The predicted molar refractivity (Wildman–Crippen MR) is 388 cm³/mol. The maximum absolute atomic E-state index is 16.3. The lowest BCUT2D eigenvalue weighted by Crippen LogP contribution is -2.58. The number of nitrogens with one attached hydrogen (secondary N) is 4. The quantitative estimate of drug-likeness (QED) is 0.00767. The number of allylic oxidation sites excluding steroid dienone is 1. The van der Waals surface area contributed by atoms with Crippen LogP contribution in [0.3, 0.4) is 0 Å². The van der Waals surface area contributed by atoms with Gasteiger partial charge in [-0.05, 0) is 144 Å². The number of nitrogens with two attached hydrogens (primary N) is 1. The fourth-order valence-corrected chi connectivity index (χ4v) is 14.2. The van der Waals surface area contributed by atoms with E-state index in [1.807, 2.05) is 94.4 Å². The average molecular weight is 1500 g/mol. The number of rotatable bonds is 32. The van der Waals surface area contributed by atoms with E-state index in [1.165, 1.54) is 76.5 Å². The molecule has 568 valence electrons. The van der Waals surface area contributed by atoms with Crippen molar-refractivity contribution in [1.29, 1.82) is 0 Å². The highest BCUT2D eigenvalue weighted by Gasteiger charge is 2.56. The number of hydrogen-bond acceptors (Lipinski definition) is 19. The molecule has 1 aromatic heterocycles. The maximum atomic E-state index is 16.3. The second-order valence-corrected chi connectivity index (χ2v) is 32.7. The van der Waals surface area contributed by atoms with Gasteiger partial charge in [-0.1, -0.05) is 112 Å². The van der Waals surface area contributed by atoms with E-state index in [0.29, 0.717) is 24.9 Å². The summed E-state index contributed by atoms with van der Waals surface area (Å²) in [7, 11) is -5.62. The molecule has 8 rings (SSSR count). The first kappa shape index (κ1) is 82.0. The number of amides is 7. The minimum atomic E-state index is -5.62. The van der Waals surface area contributed by atoms with Crippen molar-refractivity contribution in [3.63, 3.8) is 0 Å². The molecule has 4 heterocycles. The number of aromatic nitrogens is 1. The number of para-hydroxylation sites is 1. The number of thiazole rings is 1. The number of primary amides is 1. The van der Waals surface area contributed by atoms with Crippen LogP contribution in [0, 0.1) is 23.2 Å². The van der Waals surface area contributed by atoms with Gasteiger partial charge in [0.05, 0.1) is 57.5 Å². The number of β-amino-alcohol motifs (C(OH)–C–C–N with tert-alkyl or cyclic N) is 1. The Labute approximate surface area is 614 Å². The van der Waals surface area contributed by atoms with Gasteiger partial charge in [-0.15, -0.1) is 11.3 Å². The lowest BCUT2D eigenvalue weighted by atomic mass is 9.85. The molecular formula is C76H97F2N8O17PS. The van der Waals surface area contributed by atoms with Crippen molar-refractivity contribution in [2.45, 2.75) is 196 Å². The molecule has 2 unspecified atom stereocenters. The normalized spacial score (nSPS) is 17.9. The Morgan fingerprint density at radius 3 is 2.03 bits per heavy atom. The number of likely N-dealkylation sites (tertiary alicyclic amines) is 1. The van der Waals surface area contributed by atoms with E-state index in [-0.39, 0.29) is 76.2 Å². The van der Waals surface area contributed by atoms with Gasteiger partial charge < -0.3 is 56.0 Å². The van der Waals surface area contributed by atoms with E-state index < -0.39 is 144 Å². The summed E-state index contributed by atoms with van der Waals surface area (Å²) in [5, 5.41) is 22.2. The third kappa shape index (κ3) is 21.6. The topological polar surface area (TPSA) is 340 Å². The van der Waals surface area contributed by atoms with Crippen molar-refractivity contribution in [3.05, 3.63) is 147 Å². The van der Waals surface area contributed by atoms with Crippen LogP contribution >= 0.6 is 18.9 Å². The van der Waals surface area contributed by atoms with E-state index in [4.69, 9.17) is 33.7 Å². The molecule has 7 N–H and O–H groups in total. The van der Waals surface area contributed by atoms with Crippen LogP contribution in [0.15, 0.2) is 103 Å². The molecule has 5 aromatic rings. The highest BCUT2D eigenvalue weighted by molar-refractivity contribution is 7.54. The maximum Gasteiger partial charge on any atom is 0.410 e. The predicted octanol–water partition coefficient (Wildman–Crippen LogP) is 9.39. The number of halogens is 2. The molecule has 25 nitrogen and oxygen atoms in total. The van der Waals surface area contributed by atoms with Crippen LogP contribution < -0.4 is 31.9 Å². The Kier molecular flexibility index (Phi) is 27.5. The molecule has 4 aromatic carbocycles. The Morgan fingerprint density at radius 2 is 1.43 bits per heavy atom. The van der Waals surface area contributed by atoms with Crippen molar-refractivity contribution in [3.8, 4) is 10.4 Å². The van der Waals surface area contributed by atoms with Gasteiger partial charge in [0, 0.05) is 50.6 Å². The van der Waals surface area contributed by atoms with Crippen LogP contribution in [0.1, 0.15) is 153 Å². The number of esters is 2. The number of carbonyl (C=O) groups is 9. The zero-order valence-electron chi connectivity index (χ0n) is 61.5. The zero-order valence-corrected chi connectivity index (χ0v) is 63.2. The first-order valence-electron chi connectivity index (χ1n) is 34.9. The van der Waals surface area contributed by atoms with E-state index in [1.54, 1.807) is 23.8 Å². The van der Waals surface area contributed by atoms with E-state index in [0.717, 1.165) is 56.1 Å². The van der Waals surface area contributed by atoms with E-state index in [9.17, 15) is 52.8 Å². The van der Waals surface area contributed by atoms with Crippen LogP contribution in [0.2, 0.25) is 0 Å². The van der Waals surface area contributed by atoms with Gasteiger partial charge in [-0.25, -0.2) is 4.98 Å². The minimum Gasteiger partial charge on any atom is -0.438 e. The average Bonchev–Trinajstić information content (AvgIpc) is 1.72. The monoisotopic (exact) mass is 1490 g/mol. The van der Waals surface area contributed by atoms with Crippen molar-refractivity contribution >= 4 is 83.5 Å². The van der Waals surface area contributed by atoms with E-state index in [2.05, 4.69) is 26.3 Å². The van der Waals surface area contributed by atoms with Gasteiger partial charge in [0.15, 0.2) is 0 Å². The Balaban J connectivity index is 0.815. The standard InChI is InChI=1S/C76H97F2N8O17PS/c1-45(51-26-29-55(30-27-51)76(77,78)104(97,102-43-100-71(95)74(7,8)9)103-44-101-72(96)75(10,11)12)35-62(89)82-58-31-28-52-16-13-17-54-36-60(86(64(52)54)69(58)93)68(92)83-57(32-33-61(79)88)47(3)99-40-50-20-18-48(19-21-50)15-14-34-98-41-63(90)84-66(73(4,5)6)70(94)85-39-56(87)37-59(85)67(91)80-38-49-22-24-53(25-23-49)65-46(2)81-42-105-65/h13,16-27,29-30,35,42,47,56-60,66,87H,14-15,28,31-34,36-41,43-44H2,1-12H3,(H2,79,88)(H,80,91)(H,82,89)(H,83,92)(H,84,90)/b45-35+/t47-,56-,57?,58+,59?,60+,66-/m1/s1. The largest absolute Gasteiger partial charge is 0.438 e. The lowest BCUT2D eigenvalue weighted by Gasteiger charge is -2.35. The van der Waals surface area contributed by atoms with Gasteiger partial charge >= 0.3 is 25.2 Å². The molecule has 7 atom stereocenters. The second-order valence-electron chi connectivity index (χ2n) is 29.8. The third-order valence-corrected chi connectivity index (χ3v) is 21.1. The summed E-state index contributed by atoms with van der Waals surface area (Å²) >= 11 is 1.55. The van der Waals surface area contributed by atoms with Crippen LogP contribution in [-0.4, -0.2) is 144 Å². The number of hydrogen-bond donors (Lipinski definition) is 6. The van der Waals surface area contributed by atoms with Gasteiger partial charge in [0.1, 0.15) is 30.8 Å². The number of alkyl halides is 2. The molecule has 3 aliphatic rings. The summed E-state index contributed by atoms with van der Waals surface area (Å²) in [6.07, 6.45) is 1.51. The van der Waals surface area contributed by atoms with E-state index >= 15 is 8.78 Å². The SMILES string of the molecule is C/C(=C\C(=O)N[C@H]1CCc2cccc3c2N(C1=O)[C@H](C(=O)NC(CCC(N)=O)[C@@H](C)OCc1ccc(CCCOCC(=O)N[C@H](C(=O)N2C[C@H](O)CC2C(=O)NCc2ccc(-c4scnc4C)cc2)C(C)(C)C)cc1)C3)c1ccc(C(F)(F)P(=O)(OCOC(=O)C(C)(C)C)OCOC(=O)C(C)(C)C)cc1. The smallest absolute Gasteiger partial charge is 0.410 e. The molecular weight excluding hydrogens is 1400 g/mol. The first-order chi connectivity index (χ1) is 49.3. The summed E-state index contributed by atoms with van der Waals surface area (Å²) < 4.78 is 78.4. The van der Waals surface area contributed by atoms with Crippen LogP contribution in [0.4, 0.5) is 14.5 Å². The van der Waals surface area contributed by atoms with Gasteiger partial charge in [0.25, 0.3) is 0 Å².